The van der Waals surface area contributed by atoms with Crippen molar-refractivity contribution in [2.45, 2.75) is 0 Å². The fourth-order valence-corrected chi connectivity index (χ4v) is 4.63. The number of nitriles is 2. The lowest BCUT2D eigenvalue weighted by molar-refractivity contribution is 1.31. The lowest BCUT2D eigenvalue weighted by atomic mass is 10.0. The second-order valence-corrected chi connectivity index (χ2v) is 8.80. The van der Waals surface area contributed by atoms with E-state index >= 15 is 0 Å². The number of hydrogen-bond acceptors (Lipinski definition) is 3. The molecule has 0 atom stereocenters. The summed E-state index contributed by atoms with van der Waals surface area (Å²) < 4.78 is 2.15. The molecule has 29 heavy (non-hydrogen) atoms. The second-order valence-electron chi connectivity index (χ2n) is 6.64. The molecule has 0 spiro atoms. The van der Waals surface area contributed by atoms with Crippen molar-refractivity contribution in [3.8, 4) is 23.5 Å². The first-order valence-electron chi connectivity index (χ1n) is 8.74. The highest BCUT2D eigenvalue weighted by molar-refractivity contribution is 14.1. The minimum atomic E-state index is 0.425. The smallest absolute Gasteiger partial charge is 0.141 e. The second kappa shape index (κ2) is 6.84. The number of nitrogens with zero attached hydrogens (tertiary/aromatic N) is 3. The van der Waals surface area contributed by atoms with E-state index in [0.29, 0.717) is 22.5 Å². The molecule has 0 radical (unpaired) electrons. The Kier molecular flexibility index (Phi) is 4.27. The van der Waals surface area contributed by atoms with Crippen LogP contribution in [-0.4, -0.2) is 9.97 Å². The number of halogens is 2. The largest absolute Gasteiger partial charge is 0.337 e. The highest BCUT2D eigenvalue weighted by atomic mass is 127. The summed E-state index contributed by atoms with van der Waals surface area (Å²) in [6, 6.07) is 22.0. The average Bonchev–Trinajstić information content (AvgIpc) is 3.18. The number of imidazole rings is 1. The van der Waals surface area contributed by atoms with Crippen LogP contribution in [0.1, 0.15) is 11.1 Å². The van der Waals surface area contributed by atoms with Gasteiger partial charge in [0.05, 0.1) is 39.9 Å². The van der Waals surface area contributed by atoms with E-state index in [0.717, 1.165) is 40.6 Å². The summed E-state index contributed by atoms with van der Waals surface area (Å²) in [5, 5.41) is 23.5. The third-order valence-corrected chi connectivity index (χ3v) is 6.19. The Morgan fingerprint density at radius 2 is 1.55 bits per heavy atom. The van der Waals surface area contributed by atoms with Gasteiger partial charge in [0.1, 0.15) is 5.82 Å². The average molecular weight is 549 g/mol. The Morgan fingerprint density at radius 1 is 0.862 bits per heavy atom. The predicted molar refractivity (Wildman–Crippen MR) is 126 cm³/mol. The molecule has 4 nitrogen and oxygen atoms in total. The van der Waals surface area contributed by atoms with Crippen LogP contribution < -0.4 is 0 Å². The number of hydrogen-bond donors (Lipinski definition) is 1. The van der Waals surface area contributed by atoms with Crippen LogP contribution in [0.25, 0.3) is 44.0 Å². The van der Waals surface area contributed by atoms with Crippen molar-refractivity contribution in [2.24, 2.45) is 0 Å². The Bertz CT molecular complexity index is 1440. The third kappa shape index (κ3) is 2.79. The first-order chi connectivity index (χ1) is 14.1. The zero-order valence-corrected chi connectivity index (χ0v) is 18.5. The number of H-pyrrole nitrogens is 1. The first kappa shape index (κ1) is 18.1. The van der Waals surface area contributed by atoms with E-state index in [1.54, 1.807) is 18.2 Å². The monoisotopic (exact) mass is 548 g/mol. The summed E-state index contributed by atoms with van der Waals surface area (Å²) in [6.07, 6.45) is 0. The number of nitrogens with one attached hydrogen (secondary N) is 1. The minimum Gasteiger partial charge on any atom is -0.337 e. The van der Waals surface area contributed by atoms with Crippen LogP contribution in [-0.2, 0) is 0 Å². The molecule has 1 heterocycles. The van der Waals surface area contributed by atoms with Crippen molar-refractivity contribution in [1.82, 2.24) is 9.97 Å². The summed E-state index contributed by atoms with van der Waals surface area (Å²) in [6.45, 7) is 0. The van der Waals surface area contributed by atoms with Gasteiger partial charge in [-0.1, -0.05) is 34.1 Å². The Labute approximate surface area is 188 Å². The molecule has 6 heteroatoms. The molecule has 1 aromatic heterocycles. The van der Waals surface area contributed by atoms with Crippen molar-refractivity contribution in [3.63, 3.8) is 0 Å². The van der Waals surface area contributed by atoms with Crippen LogP contribution >= 0.6 is 38.5 Å². The van der Waals surface area contributed by atoms with Crippen LogP contribution in [0.3, 0.4) is 0 Å². The van der Waals surface area contributed by atoms with Gasteiger partial charge in [-0.15, -0.1) is 0 Å². The molecular formula is C23H10BrIN4. The van der Waals surface area contributed by atoms with Crippen LogP contribution in [0, 0.1) is 26.2 Å². The molecule has 0 fully saturated rings. The summed E-state index contributed by atoms with van der Waals surface area (Å²) in [5.74, 6) is 0.531. The molecule has 0 saturated carbocycles. The molecule has 5 rings (SSSR count). The normalized spacial score (nSPS) is 11.0. The first-order valence-corrected chi connectivity index (χ1v) is 10.6. The van der Waals surface area contributed by atoms with Gasteiger partial charge in [0.15, 0.2) is 0 Å². The van der Waals surface area contributed by atoms with Crippen LogP contribution in [0.15, 0.2) is 59.1 Å². The maximum absolute atomic E-state index is 9.57. The predicted octanol–water partition coefficient (Wildman–Crippen LogP) is 6.65. The molecule has 0 bridgehead atoms. The summed E-state index contributed by atoms with van der Waals surface area (Å²) in [7, 11) is 0. The molecule has 136 valence electrons. The number of benzene rings is 4. The molecule has 5 aromatic rings. The van der Waals surface area contributed by atoms with Crippen LogP contribution in [0.5, 0.6) is 0 Å². The minimum absolute atomic E-state index is 0.425. The highest BCUT2D eigenvalue weighted by Gasteiger charge is 2.18. The van der Waals surface area contributed by atoms with Gasteiger partial charge in [0, 0.05) is 18.8 Å². The number of aromatic nitrogens is 2. The van der Waals surface area contributed by atoms with Gasteiger partial charge in [0.25, 0.3) is 0 Å². The quantitative estimate of drug-likeness (QED) is 0.188. The van der Waals surface area contributed by atoms with E-state index in [9.17, 15) is 10.5 Å². The third-order valence-electron chi connectivity index (χ3n) is 5.02. The van der Waals surface area contributed by atoms with Gasteiger partial charge in [0.2, 0.25) is 0 Å². The lowest BCUT2D eigenvalue weighted by Crippen LogP contribution is -1.91. The number of fused-ring (bicyclic) bond motifs is 6. The van der Waals surface area contributed by atoms with Gasteiger partial charge >= 0.3 is 0 Å². The van der Waals surface area contributed by atoms with E-state index in [2.05, 4.69) is 79.9 Å². The van der Waals surface area contributed by atoms with Crippen molar-refractivity contribution < 1.29 is 0 Å². The van der Waals surface area contributed by atoms with Crippen molar-refractivity contribution in [3.05, 3.63) is 73.8 Å². The number of aromatic amines is 1. The fourth-order valence-electron chi connectivity index (χ4n) is 3.78. The van der Waals surface area contributed by atoms with Crippen molar-refractivity contribution in [2.75, 3.05) is 0 Å². The molecule has 0 amide bonds. The topological polar surface area (TPSA) is 76.3 Å². The van der Waals surface area contributed by atoms with Gasteiger partial charge in [-0.25, -0.2) is 4.98 Å². The lowest BCUT2D eigenvalue weighted by Gasteiger charge is -2.07. The van der Waals surface area contributed by atoms with Crippen molar-refractivity contribution in [1.29, 1.82) is 10.5 Å². The Morgan fingerprint density at radius 3 is 2.28 bits per heavy atom. The molecule has 1 N–H and O–H groups in total. The van der Waals surface area contributed by atoms with Gasteiger partial charge < -0.3 is 4.98 Å². The Hall–Kier alpha value is -2.94. The maximum Gasteiger partial charge on any atom is 0.141 e. The van der Waals surface area contributed by atoms with Crippen LogP contribution in [0.4, 0.5) is 0 Å². The van der Waals surface area contributed by atoms with E-state index in [-0.39, 0.29) is 0 Å². The summed E-state index contributed by atoms with van der Waals surface area (Å²) >= 11 is 5.89. The van der Waals surface area contributed by atoms with E-state index in [1.165, 1.54) is 0 Å². The van der Waals surface area contributed by atoms with E-state index in [1.807, 2.05) is 12.1 Å². The zero-order valence-electron chi connectivity index (χ0n) is 14.8. The molecule has 0 aliphatic heterocycles. The summed E-state index contributed by atoms with van der Waals surface area (Å²) in [4.78, 5) is 8.26. The Balaban J connectivity index is 1.98. The molecule has 0 aliphatic rings. The standard InChI is InChI=1S/C23H10BrIN4/c24-14-4-6-16-18(8-14)19-9-15(25)5-7-17(19)22-21(16)28-23(29-22)20-12(10-26)2-1-3-13(20)11-27/h1-9H,(H,28,29). The number of rotatable bonds is 1. The molecule has 0 saturated heterocycles. The van der Waals surface area contributed by atoms with Crippen molar-refractivity contribution >= 4 is 71.1 Å². The van der Waals surface area contributed by atoms with E-state index < -0.39 is 0 Å². The fraction of sp³-hybridized carbons (Fsp3) is 0. The van der Waals surface area contributed by atoms with Crippen LogP contribution in [0.2, 0.25) is 0 Å². The highest BCUT2D eigenvalue weighted by Crippen LogP contribution is 2.38. The molecular weight excluding hydrogens is 539 g/mol. The summed E-state index contributed by atoms with van der Waals surface area (Å²) in [5.41, 5.74) is 3.12. The zero-order chi connectivity index (χ0) is 20.1. The van der Waals surface area contributed by atoms with Gasteiger partial charge in [-0.05, 0) is 69.8 Å². The van der Waals surface area contributed by atoms with Gasteiger partial charge in [-0.2, -0.15) is 10.5 Å². The molecule has 4 aromatic carbocycles. The maximum atomic E-state index is 9.57. The van der Waals surface area contributed by atoms with Gasteiger partial charge in [-0.3, -0.25) is 0 Å². The van der Waals surface area contributed by atoms with E-state index in [4.69, 9.17) is 4.98 Å². The molecule has 0 aliphatic carbocycles. The molecule has 0 unspecified atom stereocenters. The SMILES string of the molecule is N#Cc1cccc(C#N)c1-c1nc2c3ccc(Br)cc3c3cc(I)ccc3c2[nH]1.